The smallest absolute Gasteiger partial charge is 0.293 e. The minimum absolute atomic E-state index is 0.132. The van der Waals surface area contributed by atoms with Gasteiger partial charge in [0.2, 0.25) is 0 Å². The molecule has 3 heterocycles. The standard InChI is InChI=1S/C13H15N5OS/c1-8-7-18-10(9(2)16-13(18)20-8)6-15-11-12(19)17(3)5-4-14-11/h4-5,7H,6H2,1-3H3,(H,14,15). The van der Waals surface area contributed by atoms with E-state index >= 15 is 0 Å². The van der Waals surface area contributed by atoms with Gasteiger partial charge in [0.05, 0.1) is 17.9 Å². The van der Waals surface area contributed by atoms with Crippen molar-refractivity contribution in [2.24, 2.45) is 7.05 Å². The summed E-state index contributed by atoms with van der Waals surface area (Å²) in [6, 6.07) is 0. The maximum atomic E-state index is 11.9. The molecule has 0 aromatic carbocycles. The van der Waals surface area contributed by atoms with Crippen LogP contribution in [0.5, 0.6) is 0 Å². The zero-order chi connectivity index (χ0) is 14.3. The van der Waals surface area contributed by atoms with Crippen LogP contribution in [0.3, 0.4) is 0 Å². The van der Waals surface area contributed by atoms with E-state index in [1.54, 1.807) is 30.8 Å². The molecule has 3 aromatic heterocycles. The maximum Gasteiger partial charge on any atom is 0.293 e. The molecule has 0 saturated carbocycles. The summed E-state index contributed by atoms with van der Waals surface area (Å²) in [5, 5.41) is 3.10. The van der Waals surface area contributed by atoms with E-state index in [-0.39, 0.29) is 5.56 Å². The predicted molar refractivity (Wildman–Crippen MR) is 79.3 cm³/mol. The fourth-order valence-corrected chi connectivity index (χ4v) is 3.00. The second-order valence-electron chi connectivity index (χ2n) is 4.68. The fraction of sp³-hybridized carbons (Fsp3) is 0.308. The third-order valence-electron chi connectivity index (χ3n) is 3.18. The highest BCUT2D eigenvalue weighted by Crippen LogP contribution is 2.20. The molecule has 7 heteroatoms. The third-order valence-corrected chi connectivity index (χ3v) is 4.08. The van der Waals surface area contributed by atoms with Gasteiger partial charge in [-0.2, -0.15) is 0 Å². The molecule has 0 atom stereocenters. The molecule has 0 unspecified atom stereocenters. The number of fused-ring (bicyclic) bond motifs is 1. The number of imidazole rings is 1. The Bertz CT molecular complexity index is 829. The molecule has 0 amide bonds. The van der Waals surface area contributed by atoms with E-state index < -0.39 is 0 Å². The van der Waals surface area contributed by atoms with Crippen molar-refractivity contribution in [2.75, 3.05) is 5.32 Å². The van der Waals surface area contributed by atoms with Crippen LogP contribution in [0, 0.1) is 13.8 Å². The van der Waals surface area contributed by atoms with Crippen LogP contribution < -0.4 is 10.9 Å². The number of hydrogen-bond acceptors (Lipinski definition) is 5. The quantitative estimate of drug-likeness (QED) is 0.797. The van der Waals surface area contributed by atoms with Crippen LogP contribution in [0.1, 0.15) is 16.3 Å². The van der Waals surface area contributed by atoms with E-state index in [4.69, 9.17) is 0 Å². The molecule has 0 bridgehead atoms. The van der Waals surface area contributed by atoms with Crippen molar-refractivity contribution in [3.8, 4) is 0 Å². The van der Waals surface area contributed by atoms with Gasteiger partial charge in [-0.25, -0.2) is 9.97 Å². The molecule has 0 saturated heterocycles. The number of rotatable bonds is 3. The van der Waals surface area contributed by atoms with Gasteiger partial charge in [-0.3, -0.25) is 9.20 Å². The molecule has 3 rings (SSSR count). The Morgan fingerprint density at radius 3 is 3.00 bits per heavy atom. The summed E-state index contributed by atoms with van der Waals surface area (Å²) in [6.45, 7) is 4.55. The van der Waals surface area contributed by atoms with E-state index in [1.165, 1.54) is 9.44 Å². The first-order valence-electron chi connectivity index (χ1n) is 6.25. The van der Waals surface area contributed by atoms with Crippen LogP contribution >= 0.6 is 11.3 Å². The molecule has 0 radical (unpaired) electrons. The van der Waals surface area contributed by atoms with Gasteiger partial charge in [-0.05, 0) is 13.8 Å². The summed E-state index contributed by atoms with van der Waals surface area (Å²) in [5.41, 5.74) is 1.89. The third kappa shape index (κ3) is 2.09. The molecule has 20 heavy (non-hydrogen) atoms. The molecule has 6 nitrogen and oxygen atoms in total. The number of anilines is 1. The highest BCUT2D eigenvalue weighted by atomic mass is 32.1. The van der Waals surface area contributed by atoms with Gasteiger partial charge in [0.15, 0.2) is 10.8 Å². The van der Waals surface area contributed by atoms with E-state index in [0.29, 0.717) is 12.4 Å². The SMILES string of the molecule is Cc1cn2c(CNc3nccn(C)c3=O)c(C)nc2s1. The Balaban J connectivity index is 1.92. The van der Waals surface area contributed by atoms with Gasteiger partial charge in [0, 0.05) is 30.5 Å². The summed E-state index contributed by atoms with van der Waals surface area (Å²) < 4.78 is 3.57. The van der Waals surface area contributed by atoms with Gasteiger partial charge >= 0.3 is 0 Å². The average Bonchev–Trinajstić information content (AvgIpc) is 2.87. The van der Waals surface area contributed by atoms with Crippen molar-refractivity contribution in [1.29, 1.82) is 0 Å². The first-order valence-corrected chi connectivity index (χ1v) is 7.07. The first-order chi connectivity index (χ1) is 9.56. The summed E-state index contributed by atoms with van der Waals surface area (Å²) >= 11 is 1.66. The molecule has 1 N–H and O–H groups in total. The fourth-order valence-electron chi connectivity index (χ4n) is 2.11. The molecule has 0 aliphatic heterocycles. The van der Waals surface area contributed by atoms with Gasteiger partial charge < -0.3 is 9.88 Å². The molecular weight excluding hydrogens is 274 g/mol. The monoisotopic (exact) mass is 289 g/mol. The van der Waals surface area contributed by atoms with Crippen molar-refractivity contribution < 1.29 is 0 Å². The molecule has 0 aliphatic carbocycles. The second-order valence-corrected chi connectivity index (χ2v) is 5.90. The molecule has 0 fully saturated rings. The summed E-state index contributed by atoms with van der Waals surface area (Å²) in [5.74, 6) is 0.358. The highest BCUT2D eigenvalue weighted by Gasteiger charge is 2.11. The van der Waals surface area contributed by atoms with E-state index in [2.05, 4.69) is 32.8 Å². The van der Waals surface area contributed by atoms with Crippen LogP contribution in [0.25, 0.3) is 4.96 Å². The number of aryl methyl sites for hydroxylation is 3. The van der Waals surface area contributed by atoms with Gasteiger partial charge in [0.1, 0.15) is 0 Å². The Morgan fingerprint density at radius 2 is 2.20 bits per heavy atom. The maximum absolute atomic E-state index is 11.9. The minimum atomic E-state index is -0.132. The number of nitrogens with zero attached hydrogens (tertiary/aromatic N) is 4. The molecule has 0 aliphatic rings. The zero-order valence-electron chi connectivity index (χ0n) is 11.5. The minimum Gasteiger partial charge on any atom is -0.360 e. The normalized spacial score (nSPS) is 11.2. The van der Waals surface area contributed by atoms with E-state index in [9.17, 15) is 4.79 Å². The Kier molecular flexibility index (Phi) is 3.06. The molecular formula is C13H15N5OS. The Morgan fingerprint density at radius 1 is 1.40 bits per heavy atom. The Hall–Kier alpha value is -2.15. The van der Waals surface area contributed by atoms with Gasteiger partial charge in [-0.1, -0.05) is 0 Å². The highest BCUT2D eigenvalue weighted by molar-refractivity contribution is 7.17. The second kappa shape index (κ2) is 4.75. The number of aromatic nitrogens is 4. The molecule has 3 aromatic rings. The van der Waals surface area contributed by atoms with Crippen LogP contribution in [0.15, 0.2) is 23.4 Å². The lowest BCUT2D eigenvalue weighted by Gasteiger charge is -2.06. The Labute approximate surface area is 119 Å². The topological polar surface area (TPSA) is 64.2 Å². The predicted octanol–water partition coefficient (Wildman–Crippen LogP) is 1.72. The molecule has 104 valence electrons. The lowest BCUT2D eigenvalue weighted by Crippen LogP contribution is -2.22. The van der Waals surface area contributed by atoms with Gasteiger partial charge in [0.25, 0.3) is 5.56 Å². The van der Waals surface area contributed by atoms with Crippen molar-refractivity contribution in [2.45, 2.75) is 20.4 Å². The van der Waals surface area contributed by atoms with Crippen molar-refractivity contribution >= 4 is 22.1 Å². The number of hydrogen-bond donors (Lipinski definition) is 1. The van der Waals surface area contributed by atoms with Crippen LogP contribution in [0.4, 0.5) is 5.82 Å². The van der Waals surface area contributed by atoms with Gasteiger partial charge in [-0.15, -0.1) is 11.3 Å². The van der Waals surface area contributed by atoms with Crippen molar-refractivity contribution in [3.63, 3.8) is 0 Å². The van der Waals surface area contributed by atoms with E-state index in [1.807, 2.05) is 6.92 Å². The van der Waals surface area contributed by atoms with Crippen LogP contribution in [-0.2, 0) is 13.6 Å². The lowest BCUT2D eigenvalue weighted by atomic mass is 10.3. The lowest BCUT2D eigenvalue weighted by molar-refractivity contribution is 0.836. The summed E-state index contributed by atoms with van der Waals surface area (Å²) in [6.07, 6.45) is 5.31. The van der Waals surface area contributed by atoms with Crippen LogP contribution in [0.2, 0.25) is 0 Å². The average molecular weight is 289 g/mol. The first kappa shape index (κ1) is 12.9. The van der Waals surface area contributed by atoms with Crippen molar-refractivity contribution in [3.05, 3.63) is 45.2 Å². The number of thiazole rings is 1. The zero-order valence-corrected chi connectivity index (χ0v) is 12.4. The van der Waals surface area contributed by atoms with Crippen LogP contribution in [-0.4, -0.2) is 18.9 Å². The summed E-state index contributed by atoms with van der Waals surface area (Å²) in [7, 11) is 1.71. The molecule has 0 spiro atoms. The number of nitrogens with one attached hydrogen (secondary N) is 1. The summed E-state index contributed by atoms with van der Waals surface area (Å²) in [4.78, 5) is 22.7. The van der Waals surface area contributed by atoms with E-state index in [0.717, 1.165) is 16.3 Å². The largest absolute Gasteiger partial charge is 0.360 e. The van der Waals surface area contributed by atoms with Crippen molar-refractivity contribution in [1.82, 2.24) is 18.9 Å².